The Hall–Kier alpha value is -2.59. The summed E-state index contributed by atoms with van der Waals surface area (Å²) in [6, 6.07) is -1.48. The number of carbonyl (C=O) groups excluding carboxylic acids is 1. The number of allylic oxidation sites excluding steroid dienone is 12. The van der Waals surface area contributed by atoms with Gasteiger partial charge < -0.3 is 25.2 Å². The fourth-order valence-electron chi connectivity index (χ4n) is 6.08. The van der Waals surface area contributed by atoms with Gasteiger partial charge in [-0.15, -0.1) is 0 Å². The molecule has 0 radical (unpaired) electrons. The summed E-state index contributed by atoms with van der Waals surface area (Å²) in [5.74, 6) is -1.79. The van der Waals surface area contributed by atoms with Gasteiger partial charge in [0.25, 0.3) is 0 Å². The highest BCUT2D eigenvalue weighted by Crippen LogP contribution is 2.43. The molecule has 3 unspecified atom stereocenters. The average Bonchev–Trinajstić information content (AvgIpc) is 3.23. The zero-order valence-corrected chi connectivity index (χ0v) is 38.7. The van der Waals surface area contributed by atoms with Crippen LogP contribution >= 0.6 is 7.82 Å². The molecule has 11 heteroatoms. The van der Waals surface area contributed by atoms with Crippen LogP contribution in [0, 0.1) is 0 Å². The maximum Gasteiger partial charge on any atom is 0.472 e. The molecule has 0 amide bonds. The second kappa shape index (κ2) is 44.5. The van der Waals surface area contributed by atoms with Gasteiger partial charge >= 0.3 is 19.8 Å². The van der Waals surface area contributed by atoms with Crippen molar-refractivity contribution in [3.8, 4) is 0 Å². The van der Waals surface area contributed by atoms with Gasteiger partial charge in [0.2, 0.25) is 0 Å². The largest absolute Gasteiger partial charge is 0.480 e. The van der Waals surface area contributed by atoms with Crippen LogP contribution < -0.4 is 5.73 Å². The highest BCUT2D eigenvalue weighted by Gasteiger charge is 2.27. The van der Waals surface area contributed by atoms with Crippen molar-refractivity contribution in [3.05, 3.63) is 72.9 Å². The second-order valence-corrected chi connectivity index (χ2v) is 17.0. The number of ether oxygens (including phenoxy) is 2. The Morgan fingerprint density at radius 1 is 0.550 bits per heavy atom. The number of hydrogen-bond acceptors (Lipinski definition) is 8. The van der Waals surface area contributed by atoms with Crippen LogP contribution in [-0.4, -0.2) is 60.5 Å². The Kier molecular flexibility index (Phi) is 42.5. The Bertz CT molecular complexity index is 1230. The van der Waals surface area contributed by atoms with Crippen LogP contribution in [0.5, 0.6) is 0 Å². The summed E-state index contributed by atoms with van der Waals surface area (Å²) >= 11 is 0. The van der Waals surface area contributed by atoms with Gasteiger partial charge in [-0.2, -0.15) is 0 Å². The summed E-state index contributed by atoms with van der Waals surface area (Å²) < 4.78 is 33.4. The van der Waals surface area contributed by atoms with E-state index in [-0.39, 0.29) is 13.0 Å². The monoisotopic (exact) mass is 864 g/mol. The summed E-state index contributed by atoms with van der Waals surface area (Å²) in [7, 11) is -4.63. The molecule has 4 N–H and O–H groups in total. The third-order valence-electron chi connectivity index (χ3n) is 9.72. The summed E-state index contributed by atoms with van der Waals surface area (Å²) in [4.78, 5) is 33.6. The molecule has 0 rings (SSSR count). The lowest BCUT2D eigenvalue weighted by atomic mass is 10.0. The van der Waals surface area contributed by atoms with Crippen LogP contribution in [0.15, 0.2) is 72.9 Å². The summed E-state index contributed by atoms with van der Waals surface area (Å²) in [6.45, 7) is 3.70. The van der Waals surface area contributed by atoms with Crippen LogP contribution in [0.1, 0.15) is 187 Å². The number of phosphoric acid groups is 1. The van der Waals surface area contributed by atoms with E-state index in [9.17, 15) is 19.0 Å². The Morgan fingerprint density at radius 2 is 0.967 bits per heavy atom. The molecule has 0 aromatic rings. The first kappa shape index (κ1) is 57.4. The van der Waals surface area contributed by atoms with E-state index in [4.69, 9.17) is 29.4 Å². The number of unbranched alkanes of at least 4 members (excludes halogenated alkanes) is 18. The molecule has 346 valence electrons. The predicted molar refractivity (Wildman–Crippen MR) is 249 cm³/mol. The first-order valence-corrected chi connectivity index (χ1v) is 25.0. The molecule has 0 bridgehead atoms. The van der Waals surface area contributed by atoms with E-state index in [2.05, 4.69) is 86.8 Å². The molecule has 10 nitrogen and oxygen atoms in total. The molecule has 0 fully saturated rings. The standard InChI is InChI=1S/C49H86NO9P/c1-3-5-7-9-11-13-15-17-19-20-21-22-23-24-25-26-27-29-31-33-35-37-39-41-48(51)59-46(44-57-60(54,55)58-45-47(50)49(52)53)43-56-42-40-38-36-34-32-30-28-18-16-14-12-10-8-6-4-2/h5,7,10-13,16-19,21-22,46-47H,3-4,6,8-9,14-15,20,23-45,50H2,1-2H3,(H,52,53)(H,54,55)/b7-5-,12-10-,13-11-,18-16-,19-17-,22-21-. The van der Waals surface area contributed by atoms with Crippen molar-refractivity contribution in [1.29, 1.82) is 0 Å². The molecule has 60 heavy (non-hydrogen) atoms. The second-order valence-electron chi connectivity index (χ2n) is 15.5. The fourth-order valence-corrected chi connectivity index (χ4v) is 6.86. The summed E-state index contributed by atoms with van der Waals surface area (Å²) in [6.07, 6.45) is 55.2. The van der Waals surface area contributed by atoms with Gasteiger partial charge in [-0.1, -0.05) is 177 Å². The van der Waals surface area contributed by atoms with Crippen molar-refractivity contribution in [1.82, 2.24) is 0 Å². The molecule has 0 aliphatic rings. The zero-order valence-electron chi connectivity index (χ0n) is 37.8. The minimum Gasteiger partial charge on any atom is -0.480 e. The third-order valence-corrected chi connectivity index (χ3v) is 10.7. The van der Waals surface area contributed by atoms with Crippen LogP contribution in [0.2, 0.25) is 0 Å². The van der Waals surface area contributed by atoms with E-state index in [1.54, 1.807) is 0 Å². The maximum atomic E-state index is 12.7. The van der Waals surface area contributed by atoms with Crippen molar-refractivity contribution in [3.63, 3.8) is 0 Å². The number of esters is 1. The summed E-state index contributed by atoms with van der Waals surface area (Å²) in [5.41, 5.74) is 5.36. The van der Waals surface area contributed by atoms with E-state index < -0.39 is 45.1 Å². The topological polar surface area (TPSA) is 155 Å². The molecular formula is C49H86NO9P. The normalized spacial score (nSPS) is 14.5. The smallest absolute Gasteiger partial charge is 0.472 e. The van der Waals surface area contributed by atoms with Crippen molar-refractivity contribution in [2.24, 2.45) is 5.73 Å². The third kappa shape index (κ3) is 43.5. The average molecular weight is 864 g/mol. The number of rotatable bonds is 44. The van der Waals surface area contributed by atoms with Gasteiger partial charge in [0.05, 0.1) is 19.8 Å². The molecule has 0 aromatic carbocycles. The lowest BCUT2D eigenvalue weighted by Crippen LogP contribution is -2.34. The Morgan fingerprint density at radius 3 is 1.45 bits per heavy atom. The van der Waals surface area contributed by atoms with Gasteiger partial charge in [-0.3, -0.25) is 18.6 Å². The van der Waals surface area contributed by atoms with Crippen molar-refractivity contribution >= 4 is 19.8 Å². The molecule has 0 aliphatic carbocycles. The highest BCUT2D eigenvalue weighted by atomic mass is 31.2. The zero-order chi connectivity index (χ0) is 44.0. The van der Waals surface area contributed by atoms with E-state index >= 15 is 0 Å². The van der Waals surface area contributed by atoms with E-state index in [1.165, 1.54) is 77.0 Å². The molecule has 0 saturated heterocycles. The molecule has 0 saturated carbocycles. The van der Waals surface area contributed by atoms with Gasteiger partial charge in [-0.05, 0) is 77.0 Å². The van der Waals surface area contributed by atoms with Crippen molar-refractivity contribution < 1.29 is 42.7 Å². The van der Waals surface area contributed by atoms with Crippen molar-refractivity contribution in [2.45, 2.75) is 199 Å². The lowest BCUT2D eigenvalue weighted by Gasteiger charge is -2.20. The minimum atomic E-state index is -4.63. The van der Waals surface area contributed by atoms with E-state index in [0.717, 1.165) is 83.5 Å². The molecule has 0 aromatic heterocycles. The number of carboxylic acids is 1. The number of hydrogen-bond donors (Lipinski definition) is 3. The van der Waals surface area contributed by atoms with Crippen LogP contribution in [0.25, 0.3) is 0 Å². The lowest BCUT2D eigenvalue weighted by molar-refractivity contribution is -0.154. The number of nitrogens with two attached hydrogens (primary N) is 1. The Labute approximate surface area is 365 Å². The Balaban J connectivity index is 4.19. The van der Waals surface area contributed by atoms with Gasteiger partial charge in [0.15, 0.2) is 0 Å². The first-order valence-electron chi connectivity index (χ1n) is 23.5. The predicted octanol–water partition coefficient (Wildman–Crippen LogP) is 13.4. The van der Waals surface area contributed by atoms with E-state index in [0.29, 0.717) is 13.0 Å². The van der Waals surface area contributed by atoms with Crippen LogP contribution in [0.4, 0.5) is 0 Å². The van der Waals surface area contributed by atoms with Crippen LogP contribution in [0.3, 0.4) is 0 Å². The van der Waals surface area contributed by atoms with Crippen molar-refractivity contribution in [2.75, 3.05) is 26.4 Å². The number of carbonyl (C=O) groups is 2. The van der Waals surface area contributed by atoms with E-state index in [1.807, 2.05) is 0 Å². The van der Waals surface area contributed by atoms with Gasteiger partial charge in [0, 0.05) is 13.0 Å². The molecule has 0 heterocycles. The summed E-state index contributed by atoms with van der Waals surface area (Å²) in [5, 5.41) is 8.91. The molecular weight excluding hydrogens is 778 g/mol. The van der Waals surface area contributed by atoms with Gasteiger partial charge in [-0.25, -0.2) is 4.57 Å². The number of phosphoric ester groups is 1. The quantitative estimate of drug-likeness (QED) is 0.0233. The van der Waals surface area contributed by atoms with Gasteiger partial charge in [0.1, 0.15) is 12.1 Å². The molecule has 0 spiro atoms. The SMILES string of the molecule is CC/C=C\C/C=C\C/C=C\C/C=C\CCCCCCCCCCCCC(=O)OC(COCCCCCCCC/C=C\C/C=C\CCCC)COP(=O)(O)OCC(N)C(=O)O. The minimum absolute atomic E-state index is 0.00490. The molecule has 0 aliphatic heterocycles. The van der Waals surface area contributed by atoms with Crippen LogP contribution in [-0.2, 0) is 32.7 Å². The number of aliphatic carboxylic acids is 1. The first-order chi connectivity index (χ1) is 29.2. The maximum absolute atomic E-state index is 12.7. The highest BCUT2D eigenvalue weighted by molar-refractivity contribution is 7.47. The fraction of sp³-hybridized carbons (Fsp3) is 0.714. The molecule has 3 atom stereocenters. The number of carboxylic acid groups (broad SMARTS) is 1.